The first-order chi connectivity index (χ1) is 14.2. The molecule has 0 aliphatic heterocycles. The molecule has 1 N–H and O–H groups in total. The van der Waals surface area contributed by atoms with Crippen molar-refractivity contribution in [3.05, 3.63) is 69.2 Å². The first kappa shape index (κ1) is 24.6. The van der Waals surface area contributed by atoms with Crippen LogP contribution >= 0.6 is 35.0 Å². The van der Waals surface area contributed by atoms with Crippen molar-refractivity contribution in [3.63, 3.8) is 0 Å². The standard InChI is InChI=1S/C23H28Cl2N2O2S/c1-15(2)26-23(29)17(4)27(12-19-9-10-20(24)11-21(19)25)22(28)14-30-13-18-7-5-16(3)6-8-18/h5-11,15,17H,12-14H2,1-4H3,(H,26,29)/t17-/m0/s1. The van der Waals surface area contributed by atoms with Crippen LogP contribution in [0.4, 0.5) is 0 Å². The van der Waals surface area contributed by atoms with Crippen LogP contribution in [0.1, 0.15) is 37.5 Å². The molecule has 30 heavy (non-hydrogen) atoms. The summed E-state index contributed by atoms with van der Waals surface area (Å²) in [6.45, 7) is 7.81. The number of hydrogen-bond acceptors (Lipinski definition) is 3. The van der Waals surface area contributed by atoms with Gasteiger partial charge in [-0.1, -0.05) is 59.1 Å². The molecule has 0 unspecified atom stereocenters. The third-order valence-corrected chi connectivity index (χ3v) is 6.14. The maximum atomic E-state index is 13.1. The van der Waals surface area contributed by atoms with E-state index in [4.69, 9.17) is 23.2 Å². The molecule has 2 aromatic rings. The third-order valence-electron chi connectivity index (χ3n) is 4.57. The van der Waals surface area contributed by atoms with Crippen molar-refractivity contribution < 1.29 is 9.59 Å². The highest BCUT2D eigenvalue weighted by molar-refractivity contribution is 7.99. The van der Waals surface area contributed by atoms with Crippen molar-refractivity contribution in [2.45, 2.75) is 52.1 Å². The summed E-state index contributed by atoms with van der Waals surface area (Å²) >= 11 is 13.8. The molecule has 0 aliphatic carbocycles. The van der Waals surface area contributed by atoms with Gasteiger partial charge in [-0.3, -0.25) is 9.59 Å². The summed E-state index contributed by atoms with van der Waals surface area (Å²) in [5, 5.41) is 3.89. The molecule has 0 saturated heterocycles. The van der Waals surface area contributed by atoms with E-state index in [1.165, 1.54) is 17.3 Å². The molecule has 1 atom stereocenters. The Kier molecular flexibility index (Phi) is 9.53. The molecule has 162 valence electrons. The molecule has 0 saturated carbocycles. The molecule has 4 nitrogen and oxygen atoms in total. The van der Waals surface area contributed by atoms with Gasteiger partial charge in [-0.2, -0.15) is 0 Å². The Labute approximate surface area is 193 Å². The Morgan fingerprint density at radius 3 is 2.33 bits per heavy atom. The molecule has 0 heterocycles. The number of carbonyl (C=O) groups excluding carboxylic acids is 2. The molecule has 0 bridgehead atoms. The summed E-state index contributed by atoms with van der Waals surface area (Å²) in [5.74, 6) is 0.712. The first-order valence-corrected chi connectivity index (χ1v) is 11.8. The number of benzene rings is 2. The minimum absolute atomic E-state index is 0.00747. The summed E-state index contributed by atoms with van der Waals surface area (Å²) in [5.41, 5.74) is 3.12. The Morgan fingerprint density at radius 2 is 1.73 bits per heavy atom. The summed E-state index contributed by atoms with van der Waals surface area (Å²) in [6.07, 6.45) is 0. The Hall–Kier alpha value is -1.69. The fourth-order valence-corrected chi connectivity index (χ4v) is 4.18. The van der Waals surface area contributed by atoms with Gasteiger partial charge >= 0.3 is 0 Å². The van der Waals surface area contributed by atoms with E-state index in [9.17, 15) is 9.59 Å². The molecule has 0 aromatic heterocycles. The highest BCUT2D eigenvalue weighted by atomic mass is 35.5. The van der Waals surface area contributed by atoms with E-state index in [1.54, 1.807) is 30.0 Å². The highest BCUT2D eigenvalue weighted by Crippen LogP contribution is 2.24. The summed E-state index contributed by atoms with van der Waals surface area (Å²) < 4.78 is 0. The first-order valence-electron chi connectivity index (χ1n) is 9.84. The number of amides is 2. The predicted octanol–water partition coefficient (Wildman–Crippen LogP) is 5.48. The van der Waals surface area contributed by atoms with Crippen LogP contribution in [-0.4, -0.2) is 34.6 Å². The highest BCUT2D eigenvalue weighted by Gasteiger charge is 2.27. The van der Waals surface area contributed by atoms with Gasteiger partial charge in [-0.05, 0) is 51.0 Å². The zero-order valence-corrected chi connectivity index (χ0v) is 20.1. The van der Waals surface area contributed by atoms with Crippen LogP contribution in [0.25, 0.3) is 0 Å². The second kappa shape index (κ2) is 11.6. The average molecular weight is 467 g/mol. The van der Waals surface area contributed by atoms with Crippen molar-refractivity contribution in [2.75, 3.05) is 5.75 Å². The van der Waals surface area contributed by atoms with Crippen LogP contribution in [0, 0.1) is 6.92 Å². The van der Waals surface area contributed by atoms with Crippen molar-refractivity contribution in [3.8, 4) is 0 Å². The molecule has 2 amide bonds. The minimum atomic E-state index is -0.619. The molecule has 2 rings (SSSR count). The van der Waals surface area contributed by atoms with E-state index >= 15 is 0 Å². The fourth-order valence-electron chi connectivity index (χ4n) is 2.84. The van der Waals surface area contributed by atoms with Crippen molar-refractivity contribution in [1.29, 1.82) is 0 Å². The van der Waals surface area contributed by atoms with Gasteiger partial charge in [0.1, 0.15) is 6.04 Å². The largest absolute Gasteiger partial charge is 0.352 e. The molecule has 7 heteroatoms. The quantitative estimate of drug-likeness (QED) is 0.532. The van der Waals surface area contributed by atoms with Crippen LogP contribution in [0.15, 0.2) is 42.5 Å². The van der Waals surface area contributed by atoms with Crippen molar-refractivity contribution in [1.82, 2.24) is 10.2 Å². The third kappa shape index (κ3) is 7.53. The van der Waals surface area contributed by atoms with Gasteiger partial charge < -0.3 is 10.2 Å². The lowest BCUT2D eigenvalue weighted by Gasteiger charge is -2.29. The molecule has 0 spiro atoms. The van der Waals surface area contributed by atoms with Gasteiger partial charge in [-0.15, -0.1) is 11.8 Å². The van der Waals surface area contributed by atoms with E-state index in [0.29, 0.717) is 10.0 Å². The van der Waals surface area contributed by atoms with E-state index in [-0.39, 0.29) is 30.2 Å². The predicted molar refractivity (Wildman–Crippen MR) is 127 cm³/mol. The van der Waals surface area contributed by atoms with Gasteiger partial charge in [0.15, 0.2) is 0 Å². The summed E-state index contributed by atoms with van der Waals surface area (Å²) in [7, 11) is 0. The zero-order chi connectivity index (χ0) is 22.3. The van der Waals surface area contributed by atoms with Gasteiger partial charge in [-0.25, -0.2) is 0 Å². The number of hydrogen-bond donors (Lipinski definition) is 1. The number of nitrogens with zero attached hydrogens (tertiary/aromatic N) is 1. The number of halogens is 2. The van der Waals surface area contributed by atoms with Crippen LogP contribution in [0.3, 0.4) is 0 Å². The second-order valence-corrected chi connectivity index (χ2v) is 9.40. The summed E-state index contributed by atoms with van der Waals surface area (Å²) in [6, 6.07) is 12.8. The second-order valence-electron chi connectivity index (χ2n) is 7.58. The molecule has 0 aliphatic rings. The number of aryl methyl sites for hydroxylation is 1. The van der Waals surface area contributed by atoms with E-state index in [1.807, 2.05) is 20.8 Å². The topological polar surface area (TPSA) is 49.4 Å². The van der Waals surface area contributed by atoms with Gasteiger partial charge in [0.05, 0.1) is 5.75 Å². The van der Waals surface area contributed by atoms with Crippen LogP contribution < -0.4 is 5.32 Å². The summed E-state index contributed by atoms with van der Waals surface area (Å²) in [4.78, 5) is 27.2. The Balaban J connectivity index is 2.11. The van der Waals surface area contributed by atoms with Crippen molar-refractivity contribution in [2.24, 2.45) is 0 Å². The van der Waals surface area contributed by atoms with Gasteiger partial charge in [0.2, 0.25) is 11.8 Å². The lowest BCUT2D eigenvalue weighted by atomic mass is 10.1. The Bertz CT molecular complexity index is 872. The zero-order valence-electron chi connectivity index (χ0n) is 17.7. The SMILES string of the molecule is Cc1ccc(CSCC(=O)N(Cc2ccc(Cl)cc2Cl)[C@@H](C)C(=O)NC(C)C)cc1. The van der Waals surface area contributed by atoms with Crippen LogP contribution in [-0.2, 0) is 21.9 Å². The monoisotopic (exact) mass is 466 g/mol. The fraction of sp³-hybridized carbons (Fsp3) is 0.391. The van der Waals surface area contributed by atoms with Crippen LogP contribution in [0.2, 0.25) is 10.0 Å². The molecule has 0 fully saturated rings. The maximum Gasteiger partial charge on any atom is 0.242 e. The lowest BCUT2D eigenvalue weighted by molar-refractivity contribution is -0.138. The number of carbonyl (C=O) groups is 2. The molecule has 2 aromatic carbocycles. The van der Waals surface area contributed by atoms with Crippen LogP contribution in [0.5, 0.6) is 0 Å². The Morgan fingerprint density at radius 1 is 1.07 bits per heavy atom. The van der Waals surface area contributed by atoms with E-state index in [2.05, 4.69) is 29.6 Å². The number of rotatable bonds is 9. The number of thioether (sulfide) groups is 1. The van der Waals surface area contributed by atoms with E-state index < -0.39 is 6.04 Å². The minimum Gasteiger partial charge on any atom is -0.352 e. The van der Waals surface area contributed by atoms with Crippen molar-refractivity contribution >= 4 is 46.8 Å². The maximum absolute atomic E-state index is 13.1. The van der Waals surface area contributed by atoms with Gasteiger partial charge in [0, 0.05) is 28.4 Å². The lowest BCUT2D eigenvalue weighted by Crippen LogP contribution is -2.49. The van der Waals surface area contributed by atoms with E-state index in [0.717, 1.165) is 16.9 Å². The molecule has 0 radical (unpaired) electrons. The smallest absolute Gasteiger partial charge is 0.242 e. The molecular weight excluding hydrogens is 439 g/mol. The average Bonchev–Trinajstić information content (AvgIpc) is 2.67. The molecular formula is C23H28Cl2N2O2S. The normalized spacial score (nSPS) is 12.0. The number of nitrogens with one attached hydrogen (secondary N) is 1. The van der Waals surface area contributed by atoms with Gasteiger partial charge in [0.25, 0.3) is 0 Å².